The van der Waals surface area contributed by atoms with Gasteiger partial charge in [0.15, 0.2) is 0 Å². The van der Waals surface area contributed by atoms with Crippen molar-refractivity contribution in [3.05, 3.63) is 12.3 Å². The highest BCUT2D eigenvalue weighted by Crippen LogP contribution is 1.93. The fraction of sp³-hybridized carbons (Fsp3) is 0.800. The molecule has 0 amide bonds. The second-order valence-electron chi connectivity index (χ2n) is 2.66. The summed E-state index contributed by atoms with van der Waals surface area (Å²) in [5, 5.41) is 0. The lowest BCUT2D eigenvalue weighted by atomic mass is 10.3. The van der Waals surface area contributed by atoms with E-state index in [1.54, 1.807) is 6.26 Å². The number of allylic oxidation sites excluding steroid dienone is 1. The third-order valence-corrected chi connectivity index (χ3v) is 1.47. The van der Waals surface area contributed by atoms with Crippen LogP contribution in [0.3, 0.4) is 0 Å². The van der Waals surface area contributed by atoms with Crippen molar-refractivity contribution in [1.82, 2.24) is 0 Å². The van der Waals surface area contributed by atoms with Gasteiger partial charge >= 0.3 is 0 Å². The van der Waals surface area contributed by atoms with Crippen molar-refractivity contribution in [1.29, 1.82) is 0 Å². The summed E-state index contributed by atoms with van der Waals surface area (Å²) in [5.41, 5.74) is 0. The van der Waals surface area contributed by atoms with Crippen molar-refractivity contribution >= 4 is 0 Å². The fourth-order valence-corrected chi connectivity index (χ4v) is 0.827. The Balaban J connectivity index is 2.81. The Labute approximate surface area is 75.6 Å². The minimum atomic E-state index is 0.663. The maximum atomic E-state index is 5.32. The first kappa shape index (κ1) is 11.5. The van der Waals surface area contributed by atoms with Crippen LogP contribution < -0.4 is 0 Å². The number of ether oxygens (including phenoxy) is 2. The number of rotatable bonds is 8. The monoisotopic (exact) mass is 172 g/mol. The average molecular weight is 172 g/mol. The van der Waals surface area contributed by atoms with Crippen molar-refractivity contribution in [2.75, 3.05) is 19.8 Å². The third kappa shape index (κ3) is 9.50. The predicted molar refractivity (Wildman–Crippen MR) is 51.1 cm³/mol. The molecule has 12 heavy (non-hydrogen) atoms. The van der Waals surface area contributed by atoms with Crippen molar-refractivity contribution in [3.63, 3.8) is 0 Å². The van der Waals surface area contributed by atoms with Crippen LogP contribution in [0.25, 0.3) is 0 Å². The normalized spacial score (nSPS) is 10.8. The Morgan fingerprint density at radius 3 is 2.58 bits per heavy atom. The van der Waals surface area contributed by atoms with Gasteiger partial charge in [0.25, 0.3) is 0 Å². The molecule has 0 saturated heterocycles. The zero-order valence-corrected chi connectivity index (χ0v) is 8.21. The van der Waals surface area contributed by atoms with Gasteiger partial charge in [-0.05, 0) is 13.3 Å². The molecule has 0 aromatic heterocycles. The van der Waals surface area contributed by atoms with Crippen LogP contribution in [-0.2, 0) is 9.47 Å². The highest BCUT2D eigenvalue weighted by molar-refractivity contribution is 4.64. The van der Waals surface area contributed by atoms with Gasteiger partial charge in [-0.1, -0.05) is 25.8 Å². The summed E-state index contributed by atoms with van der Waals surface area (Å²) >= 11 is 0. The Morgan fingerprint density at radius 1 is 1.08 bits per heavy atom. The Hall–Kier alpha value is -0.500. The summed E-state index contributed by atoms with van der Waals surface area (Å²) in [6.07, 6.45) is 7.24. The molecule has 72 valence electrons. The minimum absolute atomic E-state index is 0.663. The summed E-state index contributed by atoms with van der Waals surface area (Å²) in [7, 11) is 0. The quantitative estimate of drug-likeness (QED) is 0.414. The van der Waals surface area contributed by atoms with E-state index in [1.165, 1.54) is 19.3 Å². The number of hydrogen-bond acceptors (Lipinski definition) is 2. The molecule has 0 heterocycles. The molecule has 0 saturated carbocycles. The topological polar surface area (TPSA) is 18.5 Å². The lowest BCUT2D eigenvalue weighted by molar-refractivity contribution is 0.0825. The van der Waals surface area contributed by atoms with E-state index in [-0.39, 0.29) is 0 Å². The summed E-state index contributed by atoms with van der Waals surface area (Å²) in [5.74, 6) is 0. The van der Waals surface area contributed by atoms with E-state index < -0.39 is 0 Å². The van der Waals surface area contributed by atoms with E-state index in [4.69, 9.17) is 9.47 Å². The van der Waals surface area contributed by atoms with E-state index in [9.17, 15) is 0 Å². The van der Waals surface area contributed by atoms with Crippen molar-refractivity contribution < 1.29 is 9.47 Å². The van der Waals surface area contributed by atoms with Crippen LogP contribution in [0.5, 0.6) is 0 Å². The first-order valence-electron chi connectivity index (χ1n) is 4.72. The standard InChI is InChI=1S/C10H20O2/c1-3-5-6-8-12-10-9-11-7-4-2/h4,7H,3,5-6,8-10H2,1-2H3. The largest absolute Gasteiger partial charge is 0.499 e. The first-order chi connectivity index (χ1) is 5.91. The zero-order valence-electron chi connectivity index (χ0n) is 8.21. The van der Waals surface area contributed by atoms with Gasteiger partial charge in [0.1, 0.15) is 6.61 Å². The summed E-state index contributed by atoms with van der Waals surface area (Å²) < 4.78 is 10.4. The van der Waals surface area contributed by atoms with Gasteiger partial charge in [-0.3, -0.25) is 0 Å². The van der Waals surface area contributed by atoms with Gasteiger partial charge in [-0.2, -0.15) is 0 Å². The van der Waals surface area contributed by atoms with Crippen molar-refractivity contribution in [2.45, 2.75) is 33.1 Å². The van der Waals surface area contributed by atoms with Crippen LogP contribution >= 0.6 is 0 Å². The van der Waals surface area contributed by atoms with Crippen molar-refractivity contribution in [3.8, 4) is 0 Å². The van der Waals surface area contributed by atoms with Crippen LogP contribution in [-0.4, -0.2) is 19.8 Å². The molecular weight excluding hydrogens is 152 g/mol. The van der Waals surface area contributed by atoms with Crippen LogP contribution in [0.15, 0.2) is 12.3 Å². The molecule has 0 rings (SSSR count). The second-order valence-corrected chi connectivity index (χ2v) is 2.66. The van der Waals surface area contributed by atoms with Crippen LogP contribution in [0.4, 0.5) is 0 Å². The Bertz CT molecular complexity index is 100. The average Bonchev–Trinajstić information content (AvgIpc) is 2.10. The van der Waals surface area contributed by atoms with Crippen LogP contribution in [0, 0.1) is 0 Å². The van der Waals surface area contributed by atoms with E-state index >= 15 is 0 Å². The smallest absolute Gasteiger partial charge is 0.111 e. The molecule has 2 heteroatoms. The van der Waals surface area contributed by atoms with Gasteiger partial charge in [0.2, 0.25) is 0 Å². The molecule has 0 aliphatic rings. The first-order valence-corrected chi connectivity index (χ1v) is 4.72. The third-order valence-electron chi connectivity index (χ3n) is 1.47. The zero-order chi connectivity index (χ0) is 9.07. The Morgan fingerprint density at radius 2 is 1.92 bits per heavy atom. The highest BCUT2D eigenvalue weighted by Gasteiger charge is 1.87. The highest BCUT2D eigenvalue weighted by atomic mass is 16.5. The van der Waals surface area contributed by atoms with E-state index in [2.05, 4.69) is 6.92 Å². The van der Waals surface area contributed by atoms with Gasteiger partial charge in [0, 0.05) is 6.61 Å². The molecule has 0 N–H and O–H groups in total. The predicted octanol–water partition coefficient (Wildman–Crippen LogP) is 2.74. The number of hydrogen-bond donors (Lipinski definition) is 0. The lowest BCUT2D eigenvalue weighted by Gasteiger charge is -2.02. The van der Waals surface area contributed by atoms with Crippen LogP contribution in [0.2, 0.25) is 0 Å². The molecule has 0 atom stereocenters. The molecular formula is C10H20O2. The Kier molecular flexibility index (Phi) is 10.1. The molecule has 2 nitrogen and oxygen atoms in total. The van der Waals surface area contributed by atoms with Gasteiger partial charge < -0.3 is 9.47 Å². The van der Waals surface area contributed by atoms with Gasteiger partial charge in [-0.25, -0.2) is 0 Å². The summed E-state index contributed by atoms with van der Waals surface area (Å²) in [6.45, 7) is 6.36. The van der Waals surface area contributed by atoms with E-state index in [0.29, 0.717) is 13.2 Å². The molecule has 0 aromatic rings. The fourth-order valence-electron chi connectivity index (χ4n) is 0.827. The minimum Gasteiger partial charge on any atom is -0.499 e. The lowest BCUT2D eigenvalue weighted by Crippen LogP contribution is -2.02. The summed E-state index contributed by atoms with van der Waals surface area (Å²) in [6, 6.07) is 0. The molecule has 0 fully saturated rings. The molecule has 0 unspecified atom stereocenters. The molecule has 0 aliphatic heterocycles. The second kappa shape index (κ2) is 10.5. The maximum absolute atomic E-state index is 5.32. The maximum Gasteiger partial charge on any atom is 0.111 e. The number of unbranched alkanes of at least 4 members (excludes halogenated alkanes) is 2. The van der Waals surface area contributed by atoms with Crippen molar-refractivity contribution in [2.24, 2.45) is 0 Å². The molecule has 0 bridgehead atoms. The molecule has 0 aliphatic carbocycles. The molecule has 0 aromatic carbocycles. The molecule has 0 spiro atoms. The molecule has 0 radical (unpaired) electrons. The SMILES string of the molecule is CC=COCCOCCCCC. The summed E-state index contributed by atoms with van der Waals surface area (Å²) in [4.78, 5) is 0. The van der Waals surface area contributed by atoms with E-state index in [1.807, 2.05) is 13.0 Å². The van der Waals surface area contributed by atoms with E-state index in [0.717, 1.165) is 6.61 Å². The van der Waals surface area contributed by atoms with Gasteiger partial charge in [-0.15, -0.1) is 0 Å². The van der Waals surface area contributed by atoms with Gasteiger partial charge in [0.05, 0.1) is 12.9 Å². The van der Waals surface area contributed by atoms with Crippen LogP contribution in [0.1, 0.15) is 33.1 Å².